The standard InChI is InChI=1S/C11H21NO2.C8H8N2.Na/c1-11(2,3)14-10(13)12-9-7-5-4-6-8-9;1-7-3-2-4-8(5-7)10-6-9;/h9H,4-8H2,1-3H3,(H,12,13);2-4H,1H3,(H2,9,10);/q;-2;+1. The zero-order chi connectivity index (χ0) is 18.0. The van der Waals surface area contributed by atoms with Gasteiger partial charge < -0.3 is 20.8 Å². The van der Waals surface area contributed by atoms with Gasteiger partial charge in [-0.15, -0.1) is 0 Å². The molecule has 1 saturated carbocycles. The summed E-state index contributed by atoms with van der Waals surface area (Å²) in [5.41, 5.74) is 6.36. The molecule has 1 amide bonds. The molecule has 3 N–H and O–H groups in total. The number of carbonyl (C=O) groups excluding carboxylic acids is 1. The van der Waals surface area contributed by atoms with Crippen LogP contribution in [0, 0.1) is 13.0 Å². The van der Waals surface area contributed by atoms with E-state index in [0.29, 0.717) is 6.04 Å². The molecule has 1 fully saturated rings. The summed E-state index contributed by atoms with van der Waals surface area (Å²) < 4.78 is 5.19. The monoisotopic (exact) mass is 354 g/mol. The fraction of sp³-hybridized carbons (Fsp3) is 0.579. The summed E-state index contributed by atoms with van der Waals surface area (Å²) in [6, 6.07) is 9.02. The number of benzene rings is 1. The summed E-state index contributed by atoms with van der Waals surface area (Å²) >= 11 is 0. The number of amides is 1. The first-order chi connectivity index (χ1) is 11.3. The predicted molar refractivity (Wildman–Crippen MR) is 97.5 cm³/mol. The maximum absolute atomic E-state index is 11.4. The number of alkyl carbamates (subject to hydrolysis) is 1. The van der Waals surface area contributed by atoms with Crippen molar-refractivity contribution in [1.82, 2.24) is 5.32 Å². The number of hydrogen-bond donors (Lipinski definition) is 2. The Kier molecular flexibility index (Phi) is 11.8. The van der Waals surface area contributed by atoms with Crippen LogP contribution in [-0.2, 0) is 4.74 Å². The fourth-order valence-corrected chi connectivity index (χ4v) is 2.42. The molecule has 25 heavy (non-hydrogen) atoms. The Hall–Kier alpha value is -1.04. The van der Waals surface area contributed by atoms with Crippen LogP contribution >= 0.6 is 0 Å². The minimum absolute atomic E-state index is 0. The molecule has 0 aliphatic heterocycles. The first kappa shape index (κ1) is 24.0. The van der Waals surface area contributed by atoms with Crippen molar-refractivity contribution in [1.29, 1.82) is 0 Å². The molecule has 0 atom stereocenters. The van der Waals surface area contributed by atoms with Gasteiger partial charge in [0.25, 0.3) is 0 Å². The van der Waals surface area contributed by atoms with Gasteiger partial charge in [0, 0.05) is 6.04 Å². The molecule has 134 valence electrons. The molecule has 6 heteroatoms. The van der Waals surface area contributed by atoms with Gasteiger partial charge >= 0.3 is 35.7 Å². The Morgan fingerprint density at radius 2 is 1.96 bits per heavy atom. The van der Waals surface area contributed by atoms with Crippen LogP contribution in [0.1, 0.15) is 58.4 Å². The number of aliphatic imine (C=N–C) groups is 1. The van der Waals surface area contributed by atoms with Crippen molar-refractivity contribution in [3.63, 3.8) is 0 Å². The van der Waals surface area contributed by atoms with Crippen LogP contribution in [0.4, 0.5) is 10.5 Å². The van der Waals surface area contributed by atoms with E-state index in [9.17, 15) is 4.79 Å². The molecule has 1 aliphatic carbocycles. The molecule has 5 nitrogen and oxygen atoms in total. The zero-order valence-corrected chi connectivity index (χ0v) is 18.2. The van der Waals surface area contributed by atoms with Crippen molar-refractivity contribution in [2.75, 3.05) is 0 Å². The van der Waals surface area contributed by atoms with Gasteiger partial charge in [-0.1, -0.05) is 32.5 Å². The summed E-state index contributed by atoms with van der Waals surface area (Å²) in [6.07, 6.45) is 7.87. The number of ether oxygens (including phenoxy) is 1. The molecule has 0 unspecified atom stereocenters. The minimum Gasteiger partial charge on any atom is -0.473 e. The van der Waals surface area contributed by atoms with E-state index in [-0.39, 0.29) is 35.7 Å². The minimum atomic E-state index is -0.390. The normalized spacial score (nSPS) is 14.9. The Bertz CT molecular complexity index is 536. The van der Waals surface area contributed by atoms with E-state index in [1.165, 1.54) is 19.3 Å². The van der Waals surface area contributed by atoms with Crippen molar-refractivity contribution >= 4 is 18.1 Å². The average molecular weight is 354 g/mol. The Morgan fingerprint density at radius 1 is 1.32 bits per heavy atom. The molecule has 0 aromatic heterocycles. The van der Waals surface area contributed by atoms with Gasteiger partial charge in [0.1, 0.15) is 5.60 Å². The molecular weight excluding hydrogens is 325 g/mol. The predicted octanol–water partition coefficient (Wildman–Crippen LogP) is 1.14. The second-order valence-electron chi connectivity index (χ2n) is 6.94. The summed E-state index contributed by atoms with van der Waals surface area (Å²) in [7, 11) is 0. The summed E-state index contributed by atoms with van der Waals surface area (Å²) in [5, 5.41) is 2.91. The second kappa shape index (κ2) is 12.3. The number of rotatable bonds is 2. The van der Waals surface area contributed by atoms with Gasteiger partial charge in [0.05, 0.1) is 0 Å². The molecule has 0 saturated heterocycles. The molecule has 0 radical (unpaired) electrons. The van der Waals surface area contributed by atoms with Crippen molar-refractivity contribution < 1.29 is 39.1 Å². The largest absolute Gasteiger partial charge is 1.00 e. The van der Waals surface area contributed by atoms with E-state index < -0.39 is 5.60 Å². The number of hydrogen-bond acceptors (Lipinski definition) is 3. The van der Waals surface area contributed by atoms with E-state index in [1.54, 1.807) is 0 Å². The maximum Gasteiger partial charge on any atom is 1.00 e. The third kappa shape index (κ3) is 12.0. The smallest absolute Gasteiger partial charge is 0.473 e. The molecule has 0 heterocycles. The number of aryl methyl sites for hydroxylation is 1. The average Bonchev–Trinajstić information content (AvgIpc) is 2.47. The van der Waals surface area contributed by atoms with Gasteiger partial charge in [-0.05, 0) is 33.6 Å². The molecule has 0 bridgehead atoms. The first-order valence-electron chi connectivity index (χ1n) is 8.45. The van der Waals surface area contributed by atoms with Crippen molar-refractivity contribution in [3.05, 3.63) is 29.8 Å². The van der Waals surface area contributed by atoms with Gasteiger partial charge in [-0.2, -0.15) is 17.7 Å². The SMILES string of the molecule is CC(C)(C)OC(=O)NC1CCCCC1.Cc1[c-]c(N=[C-]N)ccc1.[Na+]. The molecule has 0 spiro atoms. The van der Waals surface area contributed by atoms with Crippen LogP contribution in [-0.4, -0.2) is 24.1 Å². The quantitative estimate of drug-likeness (QED) is 0.275. The third-order valence-corrected chi connectivity index (χ3v) is 3.44. The number of nitrogens with zero attached hydrogens (tertiary/aromatic N) is 1. The third-order valence-electron chi connectivity index (χ3n) is 3.44. The van der Waals surface area contributed by atoms with Crippen LogP contribution in [0.5, 0.6) is 0 Å². The molecule has 1 aromatic carbocycles. The molecule has 2 rings (SSSR count). The van der Waals surface area contributed by atoms with E-state index >= 15 is 0 Å². The van der Waals surface area contributed by atoms with E-state index in [1.807, 2.05) is 45.9 Å². The van der Waals surface area contributed by atoms with Crippen LogP contribution in [0.2, 0.25) is 0 Å². The van der Waals surface area contributed by atoms with E-state index in [0.717, 1.165) is 24.1 Å². The van der Waals surface area contributed by atoms with E-state index in [4.69, 9.17) is 10.5 Å². The van der Waals surface area contributed by atoms with Crippen molar-refractivity contribution in [3.8, 4) is 0 Å². The van der Waals surface area contributed by atoms with Gasteiger partial charge in [-0.3, -0.25) is 6.07 Å². The van der Waals surface area contributed by atoms with Gasteiger partial charge in [0.2, 0.25) is 0 Å². The van der Waals surface area contributed by atoms with Gasteiger partial charge in [-0.25, -0.2) is 16.5 Å². The maximum atomic E-state index is 11.4. The summed E-state index contributed by atoms with van der Waals surface area (Å²) in [6.45, 7) is 7.60. The summed E-state index contributed by atoms with van der Waals surface area (Å²) in [5.74, 6) is 0. The molecule has 1 aliphatic rings. The van der Waals surface area contributed by atoms with Gasteiger partial charge in [0.15, 0.2) is 0 Å². The molecule has 1 aromatic rings. The number of nitrogens with two attached hydrogens (primary N) is 1. The number of carbonyl (C=O) groups is 1. The van der Waals surface area contributed by atoms with Crippen LogP contribution in [0.15, 0.2) is 23.2 Å². The van der Waals surface area contributed by atoms with Crippen LogP contribution < -0.4 is 40.6 Å². The number of nitrogens with one attached hydrogen (secondary N) is 1. The molecular formula is C19H29N3NaO2-. The van der Waals surface area contributed by atoms with Crippen molar-refractivity contribution in [2.24, 2.45) is 10.7 Å². The topological polar surface area (TPSA) is 76.7 Å². The Labute approximate surface area is 174 Å². The summed E-state index contributed by atoms with van der Waals surface area (Å²) in [4.78, 5) is 15.1. The first-order valence-corrected chi connectivity index (χ1v) is 8.45. The Balaban J connectivity index is 0.000000465. The van der Waals surface area contributed by atoms with Crippen molar-refractivity contribution in [2.45, 2.75) is 71.4 Å². The zero-order valence-electron chi connectivity index (χ0n) is 16.2. The second-order valence-corrected chi connectivity index (χ2v) is 6.94. The Morgan fingerprint density at radius 3 is 2.48 bits per heavy atom. The fourth-order valence-electron chi connectivity index (χ4n) is 2.42. The van der Waals surface area contributed by atoms with E-state index in [2.05, 4.69) is 22.7 Å². The van der Waals surface area contributed by atoms with Crippen LogP contribution in [0.3, 0.4) is 0 Å². The van der Waals surface area contributed by atoms with Crippen LogP contribution in [0.25, 0.3) is 0 Å².